The van der Waals surface area contributed by atoms with E-state index in [0.29, 0.717) is 6.54 Å². The van der Waals surface area contributed by atoms with Gasteiger partial charge < -0.3 is 16.4 Å². The third kappa shape index (κ3) is 4.33. The lowest BCUT2D eigenvalue weighted by Gasteiger charge is -2.34. The van der Waals surface area contributed by atoms with Gasteiger partial charge in [-0.1, -0.05) is 51.1 Å². The van der Waals surface area contributed by atoms with Crippen molar-refractivity contribution in [1.29, 1.82) is 0 Å². The van der Waals surface area contributed by atoms with Crippen LogP contribution < -0.4 is 11.5 Å². The number of hydrogen-bond donors (Lipinski definition) is 2. The molecular weight excluding hydrogens is 238 g/mol. The number of nitrogens with two attached hydrogens (primary N) is 2. The van der Waals surface area contributed by atoms with Gasteiger partial charge in [0.15, 0.2) is 0 Å². The molecule has 1 rings (SSSR count). The molecule has 19 heavy (non-hydrogen) atoms. The Labute approximate surface area is 115 Å². The van der Waals surface area contributed by atoms with E-state index < -0.39 is 11.4 Å². The Kier molecular flexibility index (Phi) is 4.71. The second kappa shape index (κ2) is 5.72. The van der Waals surface area contributed by atoms with Crippen LogP contribution in [0.3, 0.4) is 0 Å². The fraction of sp³-hybridized carbons (Fsp3) is 0.533. The summed E-state index contributed by atoms with van der Waals surface area (Å²) in [5.41, 5.74) is 11.5. The molecule has 4 N–H and O–H groups in total. The van der Waals surface area contributed by atoms with Crippen molar-refractivity contribution in [2.75, 3.05) is 20.1 Å². The second-order valence-electron chi connectivity index (χ2n) is 6.43. The van der Waals surface area contributed by atoms with Crippen LogP contribution in [0.15, 0.2) is 30.3 Å². The molecule has 0 saturated heterocycles. The SMILES string of the molecule is CN(CC(C)(C)C)CC(N)(C(N)=O)c1ccccc1. The summed E-state index contributed by atoms with van der Waals surface area (Å²) in [5.74, 6) is -0.501. The van der Waals surface area contributed by atoms with Crippen LogP contribution in [-0.2, 0) is 10.3 Å². The van der Waals surface area contributed by atoms with E-state index in [2.05, 4.69) is 25.7 Å². The zero-order valence-electron chi connectivity index (χ0n) is 12.3. The summed E-state index contributed by atoms with van der Waals surface area (Å²) in [6.45, 7) is 7.69. The van der Waals surface area contributed by atoms with Crippen LogP contribution in [0.2, 0.25) is 0 Å². The number of amides is 1. The first-order valence-corrected chi connectivity index (χ1v) is 6.48. The Bertz CT molecular complexity index is 425. The predicted octanol–water partition coefficient (Wildman–Crippen LogP) is 1.30. The molecule has 1 atom stereocenters. The molecule has 0 heterocycles. The summed E-state index contributed by atoms with van der Waals surface area (Å²) < 4.78 is 0. The number of benzene rings is 1. The summed E-state index contributed by atoms with van der Waals surface area (Å²) in [7, 11) is 1.96. The lowest BCUT2D eigenvalue weighted by Crippen LogP contribution is -2.56. The maximum Gasteiger partial charge on any atom is 0.243 e. The molecular formula is C15H25N3O. The van der Waals surface area contributed by atoms with Gasteiger partial charge in [0.05, 0.1) is 0 Å². The van der Waals surface area contributed by atoms with Crippen LogP contribution in [0.5, 0.6) is 0 Å². The molecule has 1 unspecified atom stereocenters. The van der Waals surface area contributed by atoms with Crippen molar-refractivity contribution in [2.45, 2.75) is 26.3 Å². The maximum absolute atomic E-state index is 11.8. The van der Waals surface area contributed by atoms with Gasteiger partial charge >= 0.3 is 0 Å². The number of hydrogen-bond acceptors (Lipinski definition) is 3. The van der Waals surface area contributed by atoms with Crippen molar-refractivity contribution in [1.82, 2.24) is 4.90 Å². The van der Waals surface area contributed by atoms with Crippen molar-refractivity contribution >= 4 is 5.91 Å². The minimum atomic E-state index is -1.15. The first kappa shape index (κ1) is 15.7. The maximum atomic E-state index is 11.8. The first-order valence-electron chi connectivity index (χ1n) is 6.48. The van der Waals surface area contributed by atoms with Crippen LogP contribution in [0, 0.1) is 5.41 Å². The van der Waals surface area contributed by atoms with Crippen LogP contribution in [-0.4, -0.2) is 30.9 Å². The van der Waals surface area contributed by atoms with Gasteiger partial charge in [-0.3, -0.25) is 4.79 Å². The zero-order valence-corrected chi connectivity index (χ0v) is 12.3. The highest BCUT2D eigenvalue weighted by Gasteiger charge is 2.35. The molecule has 1 amide bonds. The van der Waals surface area contributed by atoms with Crippen LogP contribution in [0.1, 0.15) is 26.3 Å². The molecule has 1 aromatic rings. The summed E-state index contributed by atoms with van der Waals surface area (Å²) in [6, 6.07) is 9.31. The average molecular weight is 263 g/mol. The minimum absolute atomic E-state index is 0.143. The van der Waals surface area contributed by atoms with Gasteiger partial charge in [-0.05, 0) is 18.0 Å². The molecule has 0 aliphatic heterocycles. The van der Waals surface area contributed by atoms with E-state index in [0.717, 1.165) is 12.1 Å². The van der Waals surface area contributed by atoms with Crippen molar-refractivity contribution in [3.63, 3.8) is 0 Å². The Balaban J connectivity index is 2.93. The van der Waals surface area contributed by atoms with Crippen molar-refractivity contribution in [3.05, 3.63) is 35.9 Å². The summed E-state index contributed by atoms with van der Waals surface area (Å²) in [5, 5.41) is 0. The summed E-state index contributed by atoms with van der Waals surface area (Å²) in [4.78, 5) is 13.8. The van der Waals surface area contributed by atoms with E-state index in [1.165, 1.54) is 0 Å². The van der Waals surface area contributed by atoms with Crippen LogP contribution >= 0.6 is 0 Å². The Hall–Kier alpha value is -1.39. The molecule has 4 nitrogen and oxygen atoms in total. The number of carbonyl (C=O) groups excluding carboxylic acids is 1. The van der Waals surface area contributed by atoms with Gasteiger partial charge in [-0.2, -0.15) is 0 Å². The van der Waals surface area contributed by atoms with E-state index in [4.69, 9.17) is 11.5 Å². The normalized spacial score (nSPS) is 15.3. The number of carbonyl (C=O) groups is 1. The van der Waals surface area contributed by atoms with Crippen molar-refractivity contribution in [2.24, 2.45) is 16.9 Å². The summed E-state index contributed by atoms with van der Waals surface area (Å²) >= 11 is 0. The molecule has 0 radical (unpaired) electrons. The molecule has 0 aliphatic rings. The quantitative estimate of drug-likeness (QED) is 0.841. The minimum Gasteiger partial charge on any atom is -0.368 e. The van der Waals surface area contributed by atoms with Gasteiger partial charge in [0, 0.05) is 13.1 Å². The standard InChI is InChI=1S/C15H25N3O/c1-14(2,3)10-18(4)11-15(17,13(16)19)12-8-6-5-7-9-12/h5-9H,10-11,17H2,1-4H3,(H2,16,19). The van der Waals surface area contributed by atoms with Gasteiger partial charge in [0.25, 0.3) is 0 Å². The van der Waals surface area contributed by atoms with Crippen LogP contribution in [0.4, 0.5) is 0 Å². The van der Waals surface area contributed by atoms with Gasteiger partial charge in [0.1, 0.15) is 5.54 Å². The largest absolute Gasteiger partial charge is 0.368 e. The number of likely N-dealkylation sites (N-methyl/N-ethyl adjacent to an activating group) is 1. The van der Waals surface area contributed by atoms with E-state index in [-0.39, 0.29) is 5.41 Å². The molecule has 106 valence electrons. The van der Waals surface area contributed by atoms with E-state index >= 15 is 0 Å². The van der Waals surface area contributed by atoms with Crippen molar-refractivity contribution < 1.29 is 4.79 Å². The molecule has 0 bridgehead atoms. The highest BCUT2D eigenvalue weighted by Crippen LogP contribution is 2.21. The summed E-state index contributed by atoms with van der Waals surface area (Å²) in [6.07, 6.45) is 0. The second-order valence-corrected chi connectivity index (χ2v) is 6.43. The molecule has 1 aromatic carbocycles. The highest BCUT2D eigenvalue weighted by molar-refractivity contribution is 5.86. The smallest absolute Gasteiger partial charge is 0.243 e. The topological polar surface area (TPSA) is 72.3 Å². The molecule has 0 aliphatic carbocycles. The fourth-order valence-corrected chi connectivity index (χ4v) is 2.34. The fourth-order valence-electron chi connectivity index (χ4n) is 2.34. The third-order valence-electron chi connectivity index (χ3n) is 2.99. The van der Waals surface area contributed by atoms with E-state index in [9.17, 15) is 4.79 Å². The monoisotopic (exact) mass is 263 g/mol. The van der Waals surface area contributed by atoms with Crippen LogP contribution in [0.25, 0.3) is 0 Å². The lowest BCUT2D eigenvalue weighted by molar-refractivity contribution is -0.124. The molecule has 0 spiro atoms. The molecule has 0 fully saturated rings. The van der Waals surface area contributed by atoms with E-state index in [1.54, 1.807) is 0 Å². The highest BCUT2D eigenvalue weighted by atomic mass is 16.1. The van der Waals surface area contributed by atoms with Gasteiger partial charge in [-0.15, -0.1) is 0 Å². The molecule has 0 aromatic heterocycles. The first-order chi connectivity index (χ1) is 8.65. The van der Waals surface area contributed by atoms with Crippen molar-refractivity contribution in [3.8, 4) is 0 Å². The Morgan fingerprint density at radius 3 is 2.11 bits per heavy atom. The Morgan fingerprint density at radius 2 is 1.68 bits per heavy atom. The van der Waals surface area contributed by atoms with Gasteiger partial charge in [0.2, 0.25) is 5.91 Å². The number of primary amides is 1. The average Bonchev–Trinajstić information content (AvgIpc) is 2.27. The molecule has 0 saturated carbocycles. The number of nitrogens with zero attached hydrogens (tertiary/aromatic N) is 1. The number of rotatable bonds is 5. The molecule has 4 heteroatoms. The lowest BCUT2D eigenvalue weighted by atomic mass is 9.88. The third-order valence-corrected chi connectivity index (χ3v) is 2.99. The predicted molar refractivity (Wildman–Crippen MR) is 78.5 cm³/mol. The Morgan fingerprint density at radius 1 is 1.16 bits per heavy atom. The van der Waals surface area contributed by atoms with Gasteiger partial charge in [-0.25, -0.2) is 0 Å². The van der Waals surface area contributed by atoms with E-state index in [1.807, 2.05) is 37.4 Å². The zero-order chi connectivity index (χ0) is 14.7.